The van der Waals surface area contributed by atoms with Crippen molar-refractivity contribution in [2.24, 2.45) is 5.16 Å². The lowest BCUT2D eigenvalue weighted by molar-refractivity contribution is -0.00955. The van der Waals surface area contributed by atoms with Crippen LogP contribution in [0.3, 0.4) is 0 Å². The van der Waals surface area contributed by atoms with E-state index in [0.717, 1.165) is 30.0 Å². The van der Waals surface area contributed by atoms with Gasteiger partial charge in [-0.1, -0.05) is 65.8 Å². The van der Waals surface area contributed by atoms with Crippen LogP contribution < -0.4 is 0 Å². The number of oxime groups is 1. The highest BCUT2D eigenvalue weighted by molar-refractivity contribution is 6.01. The number of benzene rings is 2. The van der Waals surface area contributed by atoms with E-state index in [0.29, 0.717) is 19.7 Å². The summed E-state index contributed by atoms with van der Waals surface area (Å²) in [6, 6.07) is 24.0. The number of hydrogen-bond acceptors (Lipinski definition) is 6. The molecule has 0 saturated carbocycles. The van der Waals surface area contributed by atoms with Gasteiger partial charge in [0, 0.05) is 26.1 Å². The van der Waals surface area contributed by atoms with E-state index in [9.17, 15) is 5.11 Å². The summed E-state index contributed by atoms with van der Waals surface area (Å²) in [6.45, 7) is 2.46. The fourth-order valence-electron chi connectivity index (χ4n) is 3.70. The number of aliphatic hydroxyl groups excluding tert-OH is 1. The van der Waals surface area contributed by atoms with E-state index in [-0.39, 0.29) is 12.7 Å². The Balaban J connectivity index is 1.32. The molecule has 2 atom stereocenters. The molecule has 2 heterocycles. The Labute approximate surface area is 182 Å². The highest BCUT2D eigenvalue weighted by Crippen LogP contribution is 2.19. The van der Waals surface area contributed by atoms with Crippen LogP contribution in [0.4, 0.5) is 0 Å². The topological polar surface area (TPSA) is 67.4 Å². The van der Waals surface area contributed by atoms with Gasteiger partial charge in [-0.15, -0.1) is 0 Å². The fourth-order valence-corrected chi connectivity index (χ4v) is 3.70. The standard InChI is InChI=1S/C25H28N2O4/c28-22(18-29-19-23-12-7-13-30-23)16-27(15-20-8-3-1-4-9-20)17-24-14-25(26-31-24)21-10-5-2-6-11-21/h1-13,22,24,28H,14-19H2/t22-,24+/m0/s1. The van der Waals surface area contributed by atoms with Gasteiger partial charge in [-0.05, 0) is 23.3 Å². The first-order chi connectivity index (χ1) is 15.3. The Bertz CT molecular complexity index is 929. The molecule has 0 aliphatic carbocycles. The van der Waals surface area contributed by atoms with Gasteiger partial charge in [-0.25, -0.2) is 0 Å². The molecule has 1 aliphatic heterocycles. The van der Waals surface area contributed by atoms with Crippen molar-refractivity contribution in [3.05, 3.63) is 95.9 Å². The molecule has 162 valence electrons. The number of hydrogen-bond donors (Lipinski definition) is 1. The number of nitrogens with zero attached hydrogens (tertiary/aromatic N) is 2. The second-order valence-electron chi connectivity index (χ2n) is 7.76. The molecule has 31 heavy (non-hydrogen) atoms. The Kier molecular flexibility index (Phi) is 7.50. The molecule has 0 saturated heterocycles. The molecule has 4 rings (SSSR count). The van der Waals surface area contributed by atoms with Gasteiger partial charge >= 0.3 is 0 Å². The van der Waals surface area contributed by atoms with Gasteiger partial charge in [0.25, 0.3) is 0 Å². The number of ether oxygens (including phenoxy) is 1. The summed E-state index contributed by atoms with van der Waals surface area (Å²) < 4.78 is 10.9. The lowest BCUT2D eigenvalue weighted by atomic mass is 10.0. The van der Waals surface area contributed by atoms with Gasteiger partial charge in [0.05, 0.1) is 24.7 Å². The molecule has 0 amide bonds. The first-order valence-electron chi connectivity index (χ1n) is 10.6. The van der Waals surface area contributed by atoms with E-state index < -0.39 is 6.10 Å². The molecule has 1 aliphatic rings. The Morgan fingerprint density at radius 1 is 1.03 bits per heavy atom. The largest absolute Gasteiger partial charge is 0.467 e. The van der Waals surface area contributed by atoms with Crippen molar-refractivity contribution in [2.45, 2.75) is 31.8 Å². The monoisotopic (exact) mass is 420 g/mol. The van der Waals surface area contributed by atoms with E-state index in [1.807, 2.05) is 60.7 Å². The predicted molar refractivity (Wildman–Crippen MR) is 119 cm³/mol. The minimum absolute atomic E-state index is 0.0462. The van der Waals surface area contributed by atoms with Crippen molar-refractivity contribution < 1.29 is 19.1 Å². The molecule has 0 bridgehead atoms. The molecule has 3 aromatic rings. The van der Waals surface area contributed by atoms with Gasteiger partial charge < -0.3 is 19.1 Å². The zero-order chi connectivity index (χ0) is 21.3. The number of rotatable bonds is 11. The molecular weight excluding hydrogens is 392 g/mol. The molecule has 0 unspecified atom stereocenters. The highest BCUT2D eigenvalue weighted by Gasteiger charge is 2.25. The lowest BCUT2D eigenvalue weighted by Gasteiger charge is -2.27. The van der Waals surface area contributed by atoms with Crippen LogP contribution >= 0.6 is 0 Å². The van der Waals surface area contributed by atoms with Crippen molar-refractivity contribution in [3.8, 4) is 0 Å². The van der Waals surface area contributed by atoms with Crippen LogP contribution in [0.5, 0.6) is 0 Å². The zero-order valence-electron chi connectivity index (χ0n) is 17.5. The third-order valence-corrected chi connectivity index (χ3v) is 5.15. The van der Waals surface area contributed by atoms with E-state index >= 15 is 0 Å². The van der Waals surface area contributed by atoms with Crippen molar-refractivity contribution in [3.63, 3.8) is 0 Å². The van der Waals surface area contributed by atoms with Gasteiger partial charge in [0.15, 0.2) is 0 Å². The maximum Gasteiger partial charge on any atom is 0.145 e. The summed E-state index contributed by atoms with van der Waals surface area (Å²) in [7, 11) is 0. The number of furan rings is 1. The van der Waals surface area contributed by atoms with Crippen LogP contribution in [0.25, 0.3) is 0 Å². The van der Waals surface area contributed by atoms with Gasteiger partial charge in [-0.2, -0.15) is 0 Å². The molecule has 0 spiro atoms. The van der Waals surface area contributed by atoms with Gasteiger partial charge in [0.2, 0.25) is 0 Å². The molecule has 0 fully saturated rings. The smallest absolute Gasteiger partial charge is 0.145 e. The van der Waals surface area contributed by atoms with Crippen molar-refractivity contribution in [1.29, 1.82) is 0 Å². The third-order valence-electron chi connectivity index (χ3n) is 5.15. The van der Waals surface area contributed by atoms with E-state index in [4.69, 9.17) is 14.0 Å². The Hall–Kier alpha value is -2.93. The maximum atomic E-state index is 10.6. The summed E-state index contributed by atoms with van der Waals surface area (Å²) in [4.78, 5) is 7.92. The van der Waals surface area contributed by atoms with Crippen LogP contribution in [0.2, 0.25) is 0 Å². The first-order valence-corrected chi connectivity index (χ1v) is 10.6. The normalized spacial score (nSPS) is 16.8. The minimum atomic E-state index is -0.616. The molecule has 6 nitrogen and oxygen atoms in total. The Morgan fingerprint density at radius 2 is 1.81 bits per heavy atom. The number of aliphatic hydroxyl groups is 1. The van der Waals surface area contributed by atoms with Crippen molar-refractivity contribution in [2.75, 3.05) is 19.7 Å². The summed E-state index contributed by atoms with van der Waals surface area (Å²) in [6.07, 6.45) is 1.70. The summed E-state index contributed by atoms with van der Waals surface area (Å²) in [5, 5.41) is 14.9. The molecule has 0 radical (unpaired) electrons. The van der Waals surface area contributed by atoms with E-state index in [2.05, 4.69) is 22.2 Å². The SMILES string of the molecule is O[C@H](COCc1ccco1)CN(Cc1ccccc1)C[C@H]1CC(c2ccccc2)=NO1. The van der Waals surface area contributed by atoms with Crippen LogP contribution in [-0.2, 0) is 22.7 Å². The summed E-state index contributed by atoms with van der Waals surface area (Å²) in [5.74, 6) is 0.748. The Morgan fingerprint density at radius 3 is 2.55 bits per heavy atom. The van der Waals surface area contributed by atoms with Crippen molar-refractivity contribution >= 4 is 5.71 Å². The third kappa shape index (κ3) is 6.52. The second-order valence-corrected chi connectivity index (χ2v) is 7.76. The molecule has 2 aromatic carbocycles. The molecule has 1 aromatic heterocycles. The van der Waals surface area contributed by atoms with Crippen LogP contribution in [0, 0.1) is 0 Å². The molecule has 1 N–H and O–H groups in total. The highest BCUT2D eigenvalue weighted by atomic mass is 16.6. The molecule has 6 heteroatoms. The minimum Gasteiger partial charge on any atom is -0.467 e. The summed E-state index contributed by atoms with van der Waals surface area (Å²) in [5.41, 5.74) is 3.24. The summed E-state index contributed by atoms with van der Waals surface area (Å²) >= 11 is 0. The van der Waals surface area contributed by atoms with Crippen LogP contribution in [-0.4, -0.2) is 47.6 Å². The van der Waals surface area contributed by atoms with Crippen molar-refractivity contribution in [1.82, 2.24) is 4.90 Å². The van der Waals surface area contributed by atoms with Crippen LogP contribution in [0.1, 0.15) is 23.3 Å². The van der Waals surface area contributed by atoms with Crippen LogP contribution in [0.15, 0.2) is 88.6 Å². The molecular formula is C25H28N2O4. The predicted octanol–water partition coefficient (Wildman–Crippen LogP) is 3.85. The quantitative estimate of drug-likeness (QED) is 0.510. The lowest BCUT2D eigenvalue weighted by Crippen LogP contribution is -2.39. The average molecular weight is 421 g/mol. The van der Waals surface area contributed by atoms with Gasteiger partial charge in [-0.3, -0.25) is 4.90 Å². The maximum absolute atomic E-state index is 10.6. The first kappa shape index (κ1) is 21.3. The average Bonchev–Trinajstić information content (AvgIpc) is 3.47. The second kappa shape index (κ2) is 10.9. The van der Waals surface area contributed by atoms with E-state index in [1.54, 1.807) is 6.26 Å². The van der Waals surface area contributed by atoms with Gasteiger partial charge in [0.1, 0.15) is 18.5 Å². The zero-order valence-corrected chi connectivity index (χ0v) is 17.5. The fraction of sp³-hybridized carbons (Fsp3) is 0.320. The van der Waals surface area contributed by atoms with E-state index in [1.165, 1.54) is 5.56 Å².